The van der Waals surface area contributed by atoms with Crippen molar-refractivity contribution in [3.63, 3.8) is 0 Å². The van der Waals surface area contributed by atoms with Crippen LogP contribution >= 0.6 is 0 Å². The van der Waals surface area contributed by atoms with Crippen molar-refractivity contribution in [3.05, 3.63) is 59.4 Å². The van der Waals surface area contributed by atoms with Gasteiger partial charge in [0.2, 0.25) is 0 Å². The number of fused-ring (bicyclic) bond motifs is 2. The Kier molecular flexibility index (Phi) is 5.11. The highest BCUT2D eigenvalue weighted by Crippen LogP contribution is 2.45. The predicted octanol–water partition coefficient (Wildman–Crippen LogP) is 4.64. The summed E-state index contributed by atoms with van der Waals surface area (Å²) in [5.41, 5.74) is 4.21. The van der Waals surface area contributed by atoms with Gasteiger partial charge in [-0.15, -0.1) is 0 Å². The van der Waals surface area contributed by atoms with Crippen molar-refractivity contribution < 1.29 is 28.2 Å². The van der Waals surface area contributed by atoms with Crippen molar-refractivity contribution in [2.24, 2.45) is 0 Å². The van der Waals surface area contributed by atoms with Gasteiger partial charge in [-0.2, -0.15) is 5.10 Å². The molecule has 2 aromatic carbocycles. The number of aromatic nitrogens is 3. The molecule has 0 spiro atoms. The molecule has 0 bridgehead atoms. The first-order valence-corrected chi connectivity index (χ1v) is 11.4. The Hall–Kier alpha value is -3.30. The predicted molar refractivity (Wildman–Crippen MR) is 120 cm³/mol. The van der Waals surface area contributed by atoms with Crippen LogP contribution < -0.4 is 0 Å². The first kappa shape index (κ1) is 21.2. The van der Waals surface area contributed by atoms with E-state index in [1.165, 1.54) is 6.07 Å². The van der Waals surface area contributed by atoms with Crippen LogP contribution in [0.3, 0.4) is 0 Å². The van der Waals surface area contributed by atoms with Gasteiger partial charge in [-0.05, 0) is 49.1 Å². The van der Waals surface area contributed by atoms with Crippen LogP contribution in [0.25, 0.3) is 27.5 Å². The zero-order chi connectivity index (χ0) is 23.4. The lowest BCUT2D eigenvalue weighted by molar-refractivity contribution is -0.147. The highest BCUT2D eigenvalue weighted by atomic mass is 19.2. The van der Waals surface area contributed by atoms with Crippen molar-refractivity contribution in [2.45, 2.75) is 37.2 Å². The number of carboxylic acids is 1. The molecule has 2 aromatic heterocycles. The van der Waals surface area contributed by atoms with Gasteiger partial charge in [-0.25, -0.2) is 13.6 Å². The third-order valence-corrected chi connectivity index (χ3v) is 7.05. The molecule has 0 aliphatic carbocycles. The Balaban J connectivity index is 1.66. The molecule has 2 N–H and O–H groups in total. The van der Waals surface area contributed by atoms with Crippen LogP contribution in [0.1, 0.15) is 42.4 Å². The number of carboxylic acid groups (broad SMARTS) is 1. The van der Waals surface area contributed by atoms with E-state index < -0.39 is 23.7 Å². The molecule has 2 atom stereocenters. The Morgan fingerprint density at radius 1 is 1.12 bits per heavy atom. The number of benzene rings is 2. The number of rotatable bonds is 4. The van der Waals surface area contributed by atoms with Gasteiger partial charge in [0, 0.05) is 53.3 Å². The molecule has 2 saturated heterocycles. The topological polar surface area (TPSA) is 89.4 Å². The molecule has 34 heavy (non-hydrogen) atoms. The monoisotopic (exact) mass is 467 g/mol. The number of nitrogens with one attached hydrogen (secondary N) is 1. The van der Waals surface area contributed by atoms with E-state index in [2.05, 4.69) is 10.2 Å². The summed E-state index contributed by atoms with van der Waals surface area (Å²) in [5, 5.41) is 18.5. The second-order valence-electron chi connectivity index (χ2n) is 9.04. The van der Waals surface area contributed by atoms with Gasteiger partial charge in [0.25, 0.3) is 0 Å². The lowest BCUT2D eigenvalue weighted by atomic mass is 9.86. The normalized spacial score (nSPS) is 21.6. The molecule has 1 unspecified atom stereocenters. The van der Waals surface area contributed by atoms with Gasteiger partial charge in [-0.3, -0.25) is 5.10 Å². The molecule has 0 radical (unpaired) electrons. The zero-order valence-corrected chi connectivity index (χ0v) is 18.3. The summed E-state index contributed by atoms with van der Waals surface area (Å²) >= 11 is 0. The number of hydrogen-bond donors (Lipinski definition) is 2. The maximum atomic E-state index is 14.4. The molecule has 6 rings (SSSR count). The van der Waals surface area contributed by atoms with Crippen LogP contribution in [-0.4, -0.2) is 51.8 Å². The van der Waals surface area contributed by atoms with Gasteiger partial charge in [0.1, 0.15) is 0 Å². The second kappa shape index (κ2) is 8.18. The summed E-state index contributed by atoms with van der Waals surface area (Å²) in [5.74, 6) is -2.83. The highest BCUT2D eigenvalue weighted by molar-refractivity contribution is 5.99. The summed E-state index contributed by atoms with van der Waals surface area (Å²) in [6.07, 6.45) is 2.77. The number of hydrogen-bond acceptors (Lipinski definition) is 4. The van der Waals surface area contributed by atoms with E-state index in [0.717, 1.165) is 52.0 Å². The first-order chi connectivity index (χ1) is 16.5. The average Bonchev–Trinajstić information content (AvgIpc) is 3.56. The van der Waals surface area contributed by atoms with Crippen molar-refractivity contribution in [2.75, 3.05) is 19.8 Å². The number of nitrogens with zero attached hydrogens (tertiary/aromatic N) is 2. The molecule has 176 valence electrons. The lowest BCUT2D eigenvalue weighted by Crippen LogP contribution is -2.20. The van der Waals surface area contributed by atoms with Crippen LogP contribution in [0.5, 0.6) is 0 Å². The number of aliphatic carboxylic acids is 1. The van der Waals surface area contributed by atoms with E-state index in [0.29, 0.717) is 25.3 Å². The molecule has 7 nitrogen and oxygen atoms in total. The van der Waals surface area contributed by atoms with Gasteiger partial charge < -0.3 is 19.1 Å². The fraction of sp³-hybridized carbons (Fsp3) is 0.360. The molecule has 0 saturated carbocycles. The summed E-state index contributed by atoms with van der Waals surface area (Å²) in [6, 6.07) is 7.94. The minimum Gasteiger partial charge on any atom is -0.479 e. The molecular formula is C25H23F2N3O4. The van der Waals surface area contributed by atoms with Crippen molar-refractivity contribution in [3.8, 4) is 5.69 Å². The molecule has 2 aliphatic heterocycles. The van der Waals surface area contributed by atoms with E-state index in [1.54, 1.807) is 12.3 Å². The highest BCUT2D eigenvalue weighted by Gasteiger charge is 2.37. The maximum absolute atomic E-state index is 14.4. The Bertz CT molecular complexity index is 1410. The molecule has 0 amide bonds. The average molecular weight is 467 g/mol. The van der Waals surface area contributed by atoms with Gasteiger partial charge in [0.05, 0.1) is 23.8 Å². The van der Waals surface area contributed by atoms with Crippen molar-refractivity contribution in [1.29, 1.82) is 0 Å². The molecule has 9 heteroatoms. The standard InChI is InChI=1S/C25H23F2N3O4/c26-18-2-1-16(9-19(18)27)30-21-7-14-11-28-29-20(14)10-17(21)23(15-8-22(25(31)32)34-12-15)24(30)13-3-5-33-6-4-13/h1-2,7,9-11,13,15,22H,3-6,8,12H2,(H,28,29)(H,31,32)/t15?,22-/m1/s1. The van der Waals surface area contributed by atoms with E-state index in [9.17, 15) is 18.7 Å². The second-order valence-corrected chi connectivity index (χ2v) is 9.04. The SMILES string of the molecule is O=C(O)[C@H]1CC(c2c(C3CCOCC3)n(-c3ccc(F)c(F)c3)c3cc4cn[nH]c4cc23)CO1. The Morgan fingerprint density at radius 3 is 2.68 bits per heavy atom. The number of ether oxygens (including phenoxy) is 2. The number of aromatic amines is 1. The molecular weight excluding hydrogens is 444 g/mol. The Labute approximate surface area is 193 Å². The van der Waals surface area contributed by atoms with Gasteiger partial charge in [0.15, 0.2) is 17.7 Å². The maximum Gasteiger partial charge on any atom is 0.332 e. The quantitative estimate of drug-likeness (QED) is 0.457. The summed E-state index contributed by atoms with van der Waals surface area (Å²) in [6.45, 7) is 1.49. The molecule has 4 aromatic rings. The fourth-order valence-corrected chi connectivity index (χ4v) is 5.47. The lowest BCUT2D eigenvalue weighted by Gasteiger charge is -2.27. The molecule has 2 fully saturated rings. The van der Waals surface area contributed by atoms with E-state index in [1.807, 2.05) is 16.7 Å². The van der Waals surface area contributed by atoms with Crippen LogP contribution in [-0.2, 0) is 14.3 Å². The van der Waals surface area contributed by atoms with Crippen LogP contribution in [0.4, 0.5) is 8.78 Å². The third-order valence-electron chi connectivity index (χ3n) is 7.05. The Morgan fingerprint density at radius 2 is 1.94 bits per heavy atom. The first-order valence-electron chi connectivity index (χ1n) is 11.4. The molecule has 2 aliphatic rings. The molecule has 4 heterocycles. The van der Waals surface area contributed by atoms with Crippen LogP contribution in [0.2, 0.25) is 0 Å². The number of H-pyrrole nitrogens is 1. The van der Waals surface area contributed by atoms with Gasteiger partial charge >= 0.3 is 5.97 Å². The van der Waals surface area contributed by atoms with Crippen molar-refractivity contribution >= 4 is 27.8 Å². The minimum absolute atomic E-state index is 0.115. The van der Waals surface area contributed by atoms with Crippen LogP contribution in [0, 0.1) is 11.6 Å². The van der Waals surface area contributed by atoms with E-state index in [4.69, 9.17) is 9.47 Å². The van der Waals surface area contributed by atoms with E-state index in [-0.39, 0.29) is 18.4 Å². The minimum atomic E-state index is -0.976. The third kappa shape index (κ3) is 3.38. The summed E-state index contributed by atoms with van der Waals surface area (Å²) in [4.78, 5) is 11.6. The fourth-order valence-electron chi connectivity index (χ4n) is 5.47. The van der Waals surface area contributed by atoms with E-state index >= 15 is 0 Å². The van der Waals surface area contributed by atoms with Gasteiger partial charge in [-0.1, -0.05) is 0 Å². The largest absolute Gasteiger partial charge is 0.479 e. The number of carbonyl (C=O) groups is 1. The summed E-state index contributed by atoms with van der Waals surface area (Å²) in [7, 11) is 0. The smallest absolute Gasteiger partial charge is 0.332 e. The number of halogens is 2. The van der Waals surface area contributed by atoms with Crippen LogP contribution in [0.15, 0.2) is 36.5 Å². The van der Waals surface area contributed by atoms with Crippen molar-refractivity contribution in [1.82, 2.24) is 14.8 Å². The summed E-state index contributed by atoms with van der Waals surface area (Å²) < 4.78 is 41.5. The zero-order valence-electron chi connectivity index (χ0n) is 18.3.